The molecule has 1 aromatic carbocycles. The van der Waals surface area contributed by atoms with Crippen LogP contribution in [0.3, 0.4) is 0 Å². The highest BCUT2D eigenvalue weighted by Crippen LogP contribution is 2.38. The lowest BCUT2D eigenvalue weighted by Gasteiger charge is -2.35. The number of fused-ring (bicyclic) bond motifs is 1. The second kappa shape index (κ2) is 3.60. The van der Waals surface area contributed by atoms with Gasteiger partial charge >= 0.3 is 0 Å². The summed E-state index contributed by atoms with van der Waals surface area (Å²) < 4.78 is 13.6. The highest BCUT2D eigenvalue weighted by molar-refractivity contribution is 5.35. The highest BCUT2D eigenvalue weighted by Gasteiger charge is 2.31. The van der Waals surface area contributed by atoms with Crippen LogP contribution >= 0.6 is 0 Å². The summed E-state index contributed by atoms with van der Waals surface area (Å²) in [6.07, 6.45) is 2.97. The van der Waals surface area contributed by atoms with Gasteiger partial charge in [-0.2, -0.15) is 0 Å². The number of hydrogen-bond acceptors (Lipinski definition) is 1. The Labute approximate surface area is 90.5 Å². The van der Waals surface area contributed by atoms with Crippen LogP contribution in [0.25, 0.3) is 0 Å². The Bertz CT molecular complexity index is 365. The lowest BCUT2D eigenvalue weighted by atomic mass is 9.73. The summed E-state index contributed by atoms with van der Waals surface area (Å²) in [4.78, 5) is 0. The maximum atomic E-state index is 13.6. The first-order valence-corrected chi connectivity index (χ1v) is 5.56. The zero-order chi connectivity index (χ0) is 11.1. The van der Waals surface area contributed by atoms with Crippen LogP contribution in [0, 0.1) is 5.82 Å². The van der Waals surface area contributed by atoms with Crippen LogP contribution in [0.4, 0.5) is 4.39 Å². The van der Waals surface area contributed by atoms with Crippen molar-refractivity contribution in [2.75, 3.05) is 0 Å². The number of rotatable bonds is 1. The topological polar surface area (TPSA) is 26.0 Å². The van der Waals surface area contributed by atoms with Crippen LogP contribution < -0.4 is 5.73 Å². The van der Waals surface area contributed by atoms with E-state index in [2.05, 4.69) is 0 Å². The molecule has 82 valence electrons. The summed E-state index contributed by atoms with van der Waals surface area (Å²) in [5, 5.41) is 0. The summed E-state index contributed by atoms with van der Waals surface area (Å²) >= 11 is 0. The molecule has 0 fully saturated rings. The van der Waals surface area contributed by atoms with Gasteiger partial charge in [-0.05, 0) is 50.3 Å². The summed E-state index contributed by atoms with van der Waals surface area (Å²) in [5.74, 6) is 0.221. The van der Waals surface area contributed by atoms with Crippen molar-refractivity contribution in [1.82, 2.24) is 0 Å². The molecule has 2 N–H and O–H groups in total. The highest BCUT2D eigenvalue weighted by atomic mass is 19.1. The van der Waals surface area contributed by atoms with Gasteiger partial charge in [0.1, 0.15) is 5.82 Å². The number of benzene rings is 1. The van der Waals surface area contributed by atoms with Crippen LogP contribution in [-0.2, 0) is 6.42 Å². The smallest absolute Gasteiger partial charge is 0.126 e. The van der Waals surface area contributed by atoms with Crippen molar-refractivity contribution in [3.8, 4) is 0 Å². The van der Waals surface area contributed by atoms with Crippen molar-refractivity contribution in [3.05, 3.63) is 35.1 Å². The molecular formula is C13H18FN. The van der Waals surface area contributed by atoms with Gasteiger partial charge in [0.05, 0.1) is 0 Å². The first kappa shape index (κ1) is 10.6. The fourth-order valence-electron chi connectivity index (χ4n) is 2.58. The van der Waals surface area contributed by atoms with Gasteiger partial charge in [0, 0.05) is 11.5 Å². The minimum absolute atomic E-state index is 0.0681. The quantitative estimate of drug-likeness (QED) is 0.752. The SMILES string of the molecule is CC(C)(N)C1CCCc2c(F)cccc21. The molecule has 0 aromatic heterocycles. The molecule has 0 saturated carbocycles. The average Bonchev–Trinajstić information content (AvgIpc) is 2.16. The van der Waals surface area contributed by atoms with Gasteiger partial charge < -0.3 is 5.73 Å². The molecule has 1 nitrogen and oxygen atoms in total. The van der Waals surface area contributed by atoms with E-state index >= 15 is 0 Å². The van der Waals surface area contributed by atoms with Crippen molar-refractivity contribution >= 4 is 0 Å². The van der Waals surface area contributed by atoms with Gasteiger partial charge in [0.2, 0.25) is 0 Å². The van der Waals surface area contributed by atoms with E-state index in [9.17, 15) is 4.39 Å². The minimum atomic E-state index is -0.261. The summed E-state index contributed by atoms with van der Waals surface area (Å²) in [6, 6.07) is 5.36. The molecule has 1 aliphatic carbocycles. The van der Waals surface area contributed by atoms with E-state index in [4.69, 9.17) is 5.73 Å². The van der Waals surface area contributed by atoms with Crippen LogP contribution in [0.2, 0.25) is 0 Å². The molecule has 0 spiro atoms. The first-order chi connectivity index (χ1) is 7.00. The zero-order valence-electron chi connectivity index (χ0n) is 9.39. The molecule has 0 saturated heterocycles. The van der Waals surface area contributed by atoms with Crippen molar-refractivity contribution in [2.24, 2.45) is 5.73 Å². The van der Waals surface area contributed by atoms with Crippen molar-refractivity contribution in [2.45, 2.75) is 44.6 Å². The number of nitrogens with two attached hydrogens (primary N) is 1. The maximum Gasteiger partial charge on any atom is 0.126 e. The monoisotopic (exact) mass is 207 g/mol. The summed E-state index contributed by atoms with van der Waals surface area (Å²) in [6.45, 7) is 4.05. The Kier molecular flexibility index (Phi) is 2.55. The van der Waals surface area contributed by atoms with Gasteiger partial charge in [0.25, 0.3) is 0 Å². The van der Waals surface area contributed by atoms with E-state index in [0.717, 1.165) is 30.4 Å². The van der Waals surface area contributed by atoms with Gasteiger partial charge in [-0.15, -0.1) is 0 Å². The largest absolute Gasteiger partial charge is 0.325 e. The van der Waals surface area contributed by atoms with Crippen molar-refractivity contribution in [3.63, 3.8) is 0 Å². The van der Waals surface area contributed by atoms with Crippen LogP contribution in [0.1, 0.15) is 43.7 Å². The minimum Gasteiger partial charge on any atom is -0.325 e. The third-order valence-electron chi connectivity index (χ3n) is 3.35. The van der Waals surface area contributed by atoms with Gasteiger partial charge in [0.15, 0.2) is 0 Å². The second-order valence-electron chi connectivity index (χ2n) is 5.07. The van der Waals surface area contributed by atoms with Crippen LogP contribution in [0.5, 0.6) is 0 Å². The van der Waals surface area contributed by atoms with E-state index in [0.29, 0.717) is 0 Å². The Morgan fingerprint density at radius 3 is 2.80 bits per heavy atom. The fourth-order valence-corrected chi connectivity index (χ4v) is 2.58. The second-order valence-corrected chi connectivity index (χ2v) is 5.07. The molecule has 0 radical (unpaired) electrons. The lowest BCUT2D eigenvalue weighted by Crippen LogP contribution is -2.40. The molecule has 1 atom stereocenters. The van der Waals surface area contributed by atoms with Gasteiger partial charge in [-0.1, -0.05) is 12.1 Å². The molecule has 1 aliphatic rings. The van der Waals surface area contributed by atoms with E-state index in [1.807, 2.05) is 19.9 Å². The fraction of sp³-hybridized carbons (Fsp3) is 0.538. The summed E-state index contributed by atoms with van der Waals surface area (Å²) in [5.41, 5.74) is 7.89. The van der Waals surface area contributed by atoms with E-state index in [-0.39, 0.29) is 17.3 Å². The lowest BCUT2D eigenvalue weighted by molar-refractivity contribution is 0.364. The third kappa shape index (κ3) is 1.91. The molecule has 2 heteroatoms. The predicted molar refractivity (Wildman–Crippen MR) is 60.3 cm³/mol. The molecular weight excluding hydrogens is 189 g/mol. The molecule has 1 unspecified atom stereocenters. The number of hydrogen-bond donors (Lipinski definition) is 1. The molecule has 0 heterocycles. The summed E-state index contributed by atoms with van der Waals surface area (Å²) in [7, 11) is 0. The molecule has 2 rings (SSSR count). The maximum absolute atomic E-state index is 13.6. The zero-order valence-corrected chi connectivity index (χ0v) is 9.39. The third-order valence-corrected chi connectivity index (χ3v) is 3.35. The standard InChI is InChI=1S/C13H18FN/c1-13(2,15)11-7-3-6-10-9(11)5-4-8-12(10)14/h4-5,8,11H,3,6-7,15H2,1-2H3. The molecule has 1 aromatic rings. The van der Waals surface area contributed by atoms with E-state index in [1.165, 1.54) is 0 Å². The Balaban J connectivity index is 2.48. The Morgan fingerprint density at radius 2 is 2.13 bits per heavy atom. The predicted octanol–water partition coefficient (Wildman–Crippen LogP) is 2.98. The van der Waals surface area contributed by atoms with Gasteiger partial charge in [-0.25, -0.2) is 4.39 Å². The molecule has 15 heavy (non-hydrogen) atoms. The normalized spacial score (nSPS) is 21.2. The Morgan fingerprint density at radius 1 is 1.40 bits per heavy atom. The van der Waals surface area contributed by atoms with Crippen molar-refractivity contribution in [1.29, 1.82) is 0 Å². The average molecular weight is 207 g/mol. The Hall–Kier alpha value is -0.890. The molecule has 0 bridgehead atoms. The van der Waals surface area contributed by atoms with Gasteiger partial charge in [-0.3, -0.25) is 0 Å². The van der Waals surface area contributed by atoms with E-state index < -0.39 is 0 Å². The molecule has 0 amide bonds. The van der Waals surface area contributed by atoms with E-state index in [1.54, 1.807) is 12.1 Å². The first-order valence-electron chi connectivity index (χ1n) is 5.56. The van der Waals surface area contributed by atoms with Crippen LogP contribution in [-0.4, -0.2) is 5.54 Å². The molecule has 0 aliphatic heterocycles. The van der Waals surface area contributed by atoms with Crippen molar-refractivity contribution < 1.29 is 4.39 Å². The van der Waals surface area contributed by atoms with Crippen LogP contribution in [0.15, 0.2) is 18.2 Å². The number of halogens is 1.